The summed E-state index contributed by atoms with van der Waals surface area (Å²) in [5.74, 6) is 1.05. The zero-order valence-electron chi connectivity index (χ0n) is 17.5. The van der Waals surface area contributed by atoms with Gasteiger partial charge in [-0.2, -0.15) is 0 Å². The van der Waals surface area contributed by atoms with E-state index in [2.05, 4.69) is 47.4 Å². The lowest BCUT2D eigenvalue weighted by Gasteiger charge is -2.26. The van der Waals surface area contributed by atoms with E-state index in [4.69, 9.17) is 9.15 Å². The van der Waals surface area contributed by atoms with Crippen molar-refractivity contribution < 1.29 is 13.5 Å². The van der Waals surface area contributed by atoms with Crippen molar-refractivity contribution in [3.63, 3.8) is 0 Å². The standard InChI is InChI=1S/C27H24FNO2/c1-30-25-11-10-22(18-29-14-12-20(13-15-29)19-6-3-2-4-7-19)24-17-26(31-27(24)25)21-8-5-9-23(28)16-21/h2-12,16-17H,13-15,18H2,1H3. The van der Waals surface area contributed by atoms with E-state index >= 15 is 0 Å². The molecular formula is C27H24FNO2. The Morgan fingerprint density at radius 3 is 2.55 bits per heavy atom. The van der Waals surface area contributed by atoms with Crippen LogP contribution in [0.3, 0.4) is 0 Å². The van der Waals surface area contributed by atoms with Crippen LogP contribution in [0.1, 0.15) is 17.5 Å². The number of furan rings is 1. The lowest BCUT2D eigenvalue weighted by molar-refractivity contribution is 0.295. The van der Waals surface area contributed by atoms with E-state index in [1.807, 2.05) is 18.2 Å². The van der Waals surface area contributed by atoms with Crippen LogP contribution >= 0.6 is 0 Å². The molecule has 0 spiro atoms. The van der Waals surface area contributed by atoms with Gasteiger partial charge >= 0.3 is 0 Å². The van der Waals surface area contributed by atoms with E-state index in [9.17, 15) is 4.39 Å². The van der Waals surface area contributed by atoms with Crippen LogP contribution in [0, 0.1) is 5.82 Å². The molecule has 2 heterocycles. The largest absolute Gasteiger partial charge is 0.493 e. The molecule has 156 valence electrons. The molecule has 3 aromatic carbocycles. The number of fused-ring (bicyclic) bond motifs is 1. The maximum Gasteiger partial charge on any atom is 0.176 e. The third kappa shape index (κ3) is 3.99. The van der Waals surface area contributed by atoms with Gasteiger partial charge in [0.15, 0.2) is 11.3 Å². The number of hydrogen-bond acceptors (Lipinski definition) is 3. The van der Waals surface area contributed by atoms with Crippen molar-refractivity contribution in [3.05, 3.63) is 95.8 Å². The highest BCUT2D eigenvalue weighted by atomic mass is 19.1. The van der Waals surface area contributed by atoms with Crippen molar-refractivity contribution in [1.82, 2.24) is 4.90 Å². The van der Waals surface area contributed by atoms with Gasteiger partial charge in [-0.15, -0.1) is 0 Å². The molecule has 0 unspecified atom stereocenters. The van der Waals surface area contributed by atoms with Crippen molar-refractivity contribution in [1.29, 1.82) is 0 Å². The van der Waals surface area contributed by atoms with Crippen LogP contribution < -0.4 is 4.74 Å². The van der Waals surface area contributed by atoms with Crippen LogP contribution in [0.15, 0.2) is 83.3 Å². The van der Waals surface area contributed by atoms with Crippen molar-refractivity contribution in [2.75, 3.05) is 20.2 Å². The molecule has 3 nitrogen and oxygen atoms in total. The summed E-state index contributed by atoms with van der Waals surface area (Å²) in [4.78, 5) is 2.43. The lowest BCUT2D eigenvalue weighted by Crippen LogP contribution is -2.28. The summed E-state index contributed by atoms with van der Waals surface area (Å²) in [5.41, 5.74) is 5.32. The normalized spacial score (nSPS) is 14.6. The molecule has 0 bridgehead atoms. The zero-order chi connectivity index (χ0) is 21.2. The molecule has 4 aromatic rings. The number of hydrogen-bond donors (Lipinski definition) is 0. The third-order valence-electron chi connectivity index (χ3n) is 5.90. The third-order valence-corrected chi connectivity index (χ3v) is 5.90. The first-order valence-electron chi connectivity index (χ1n) is 10.5. The van der Waals surface area contributed by atoms with E-state index < -0.39 is 0 Å². The predicted molar refractivity (Wildman–Crippen MR) is 122 cm³/mol. The van der Waals surface area contributed by atoms with E-state index in [1.165, 1.54) is 28.8 Å². The quantitative estimate of drug-likeness (QED) is 0.372. The van der Waals surface area contributed by atoms with Gasteiger partial charge in [0.1, 0.15) is 11.6 Å². The molecule has 0 fully saturated rings. The maximum absolute atomic E-state index is 13.7. The fourth-order valence-electron chi connectivity index (χ4n) is 4.25. The van der Waals surface area contributed by atoms with Crippen molar-refractivity contribution in [3.8, 4) is 17.1 Å². The Morgan fingerprint density at radius 2 is 1.81 bits per heavy atom. The van der Waals surface area contributed by atoms with Crippen LogP contribution in [0.5, 0.6) is 5.75 Å². The summed E-state index contributed by atoms with van der Waals surface area (Å²) in [6.45, 7) is 2.73. The average Bonchev–Trinajstić information content (AvgIpc) is 3.27. The molecule has 0 radical (unpaired) electrons. The molecule has 1 aliphatic rings. The highest BCUT2D eigenvalue weighted by molar-refractivity contribution is 5.90. The smallest absolute Gasteiger partial charge is 0.176 e. The first-order chi connectivity index (χ1) is 15.2. The average molecular weight is 413 g/mol. The van der Waals surface area contributed by atoms with Crippen LogP contribution in [0.25, 0.3) is 27.9 Å². The van der Waals surface area contributed by atoms with Gasteiger partial charge in [0.25, 0.3) is 0 Å². The van der Waals surface area contributed by atoms with Crippen molar-refractivity contribution in [2.45, 2.75) is 13.0 Å². The molecular weight excluding hydrogens is 389 g/mol. The molecule has 0 saturated heterocycles. The molecule has 0 amide bonds. The second-order valence-electron chi connectivity index (χ2n) is 7.87. The number of rotatable bonds is 5. The summed E-state index contributed by atoms with van der Waals surface area (Å²) in [5, 5.41) is 1.01. The summed E-state index contributed by atoms with van der Waals surface area (Å²) in [7, 11) is 1.64. The fraction of sp³-hybridized carbons (Fsp3) is 0.185. The van der Waals surface area contributed by atoms with Crippen LogP contribution in [-0.2, 0) is 6.54 Å². The molecule has 0 aliphatic carbocycles. The first kappa shape index (κ1) is 19.6. The van der Waals surface area contributed by atoms with Crippen molar-refractivity contribution in [2.24, 2.45) is 0 Å². The molecule has 5 rings (SSSR count). The maximum atomic E-state index is 13.7. The fourth-order valence-corrected chi connectivity index (χ4v) is 4.25. The molecule has 0 saturated carbocycles. The first-order valence-corrected chi connectivity index (χ1v) is 10.5. The Morgan fingerprint density at radius 1 is 0.968 bits per heavy atom. The Kier molecular flexibility index (Phi) is 5.31. The second kappa shape index (κ2) is 8.40. The van der Waals surface area contributed by atoms with E-state index in [1.54, 1.807) is 13.2 Å². The number of nitrogens with zero attached hydrogens (tertiary/aromatic N) is 1. The van der Waals surface area contributed by atoms with Crippen molar-refractivity contribution >= 4 is 16.5 Å². The number of halogens is 1. The summed E-state index contributed by atoms with van der Waals surface area (Å²) in [6.07, 6.45) is 3.36. The molecule has 1 aromatic heterocycles. The van der Waals surface area contributed by atoms with Gasteiger partial charge in [0, 0.05) is 30.6 Å². The Hall–Kier alpha value is -3.37. The topological polar surface area (TPSA) is 25.6 Å². The number of benzene rings is 3. The van der Waals surface area contributed by atoms with Crippen LogP contribution in [0.2, 0.25) is 0 Å². The highest BCUT2D eigenvalue weighted by Crippen LogP contribution is 2.36. The number of ether oxygens (including phenoxy) is 1. The van der Waals surface area contributed by atoms with Gasteiger partial charge in [-0.1, -0.05) is 54.6 Å². The van der Waals surface area contributed by atoms with Crippen LogP contribution in [-0.4, -0.2) is 25.1 Å². The monoisotopic (exact) mass is 413 g/mol. The van der Waals surface area contributed by atoms with Gasteiger partial charge in [0.2, 0.25) is 0 Å². The molecule has 1 aliphatic heterocycles. The van der Waals surface area contributed by atoms with Crippen LogP contribution in [0.4, 0.5) is 4.39 Å². The van der Waals surface area contributed by atoms with E-state index in [0.717, 1.165) is 37.0 Å². The molecule has 0 atom stereocenters. The zero-order valence-corrected chi connectivity index (χ0v) is 17.5. The van der Waals surface area contributed by atoms with Gasteiger partial charge in [-0.3, -0.25) is 4.90 Å². The minimum atomic E-state index is -0.278. The predicted octanol–water partition coefficient (Wildman–Crippen LogP) is 6.54. The molecule has 4 heteroatoms. The van der Waals surface area contributed by atoms with Gasteiger partial charge in [0.05, 0.1) is 7.11 Å². The molecule has 0 N–H and O–H groups in total. The second-order valence-corrected chi connectivity index (χ2v) is 7.87. The Bertz CT molecular complexity index is 1240. The Balaban J connectivity index is 1.43. The van der Waals surface area contributed by atoms with Gasteiger partial charge in [-0.05, 0) is 47.4 Å². The Labute approximate surface area is 181 Å². The van der Waals surface area contributed by atoms with E-state index in [0.29, 0.717) is 17.1 Å². The van der Waals surface area contributed by atoms with Gasteiger partial charge < -0.3 is 9.15 Å². The SMILES string of the molecule is COc1ccc(CN2CC=C(c3ccccc3)CC2)c2cc(-c3cccc(F)c3)oc12. The lowest BCUT2D eigenvalue weighted by atomic mass is 9.99. The summed E-state index contributed by atoms with van der Waals surface area (Å²) < 4.78 is 25.3. The number of methoxy groups -OCH3 is 1. The molecule has 31 heavy (non-hydrogen) atoms. The highest BCUT2D eigenvalue weighted by Gasteiger charge is 2.18. The minimum absolute atomic E-state index is 0.278. The summed E-state index contributed by atoms with van der Waals surface area (Å²) >= 11 is 0. The van der Waals surface area contributed by atoms with E-state index in [-0.39, 0.29) is 5.82 Å². The summed E-state index contributed by atoms with van der Waals surface area (Å²) in [6, 6.07) is 23.1. The minimum Gasteiger partial charge on any atom is -0.493 e. The van der Waals surface area contributed by atoms with Gasteiger partial charge in [-0.25, -0.2) is 4.39 Å².